The molecule has 0 amide bonds. The van der Waals surface area contributed by atoms with Crippen molar-refractivity contribution < 1.29 is 0 Å². The van der Waals surface area contributed by atoms with Gasteiger partial charge in [0.1, 0.15) is 0 Å². The molecule has 0 atom stereocenters. The zero-order chi connectivity index (χ0) is 12.6. The third kappa shape index (κ3) is 2.25. The van der Waals surface area contributed by atoms with Gasteiger partial charge < -0.3 is 5.32 Å². The molecular formula is C14H13BrClNS. The number of nitrogens with one attached hydrogen (secondary N) is 1. The van der Waals surface area contributed by atoms with E-state index in [0.717, 1.165) is 24.5 Å². The van der Waals surface area contributed by atoms with Gasteiger partial charge in [0.2, 0.25) is 0 Å². The fourth-order valence-corrected chi connectivity index (χ4v) is 4.18. The van der Waals surface area contributed by atoms with Crippen LogP contribution in [0.5, 0.6) is 0 Å². The van der Waals surface area contributed by atoms with E-state index in [-0.39, 0.29) is 5.41 Å². The second-order valence-corrected chi connectivity index (χ2v) is 7.05. The van der Waals surface area contributed by atoms with Crippen molar-refractivity contribution >= 4 is 38.9 Å². The zero-order valence-electron chi connectivity index (χ0n) is 9.75. The Morgan fingerprint density at radius 3 is 2.44 bits per heavy atom. The fraction of sp³-hybridized carbons (Fsp3) is 0.286. The molecule has 0 aliphatic carbocycles. The van der Waals surface area contributed by atoms with Crippen LogP contribution in [-0.4, -0.2) is 13.1 Å². The number of hydrogen-bond donors (Lipinski definition) is 1. The number of thiophene rings is 1. The minimum absolute atomic E-state index is 0.234. The average Bonchev–Trinajstić information content (AvgIpc) is 2.71. The van der Waals surface area contributed by atoms with Gasteiger partial charge in [-0.3, -0.25) is 0 Å². The van der Waals surface area contributed by atoms with E-state index in [2.05, 4.69) is 44.8 Å². The summed E-state index contributed by atoms with van der Waals surface area (Å²) in [6.45, 7) is 2.08. The van der Waals surface area contributed by atoms with E-state index in [1.165, 1.54) is 14.9 Å². The molecule has 4 heteroatoms. The normalized spacial score (nSPS) is 17.4. The molecule has 0 radical (unpaired) electrons. The Morgan fingerprint density at radius 2 is 1.94 bits per heavy atom. The van der Waals surface area contributed by atoms with Crippen LogP contribution in [0.1, 0.15) is 10.4 Å². The summed E-state index contributed by atoms with van der Waals surface area (Å²) in [6.07, 6.45) is 1.08. The lowest BCUT2D eigenvalue weighted by Gasteiger charge is -2.43. The van der Waals surface area contributed by atoms with Crippen molar-refractivity contribution in [1.29, 1.82) is 0 Å². The molecule has 2 aromatic rings. The van der Waals surface area contributed by atoms with Crippen LogP contribution in [0.2, 0.25) is 5.02 Å². The van der Waals surface area contributed by atoms with Gasteiger partial charge in [0.25, 0.3) is 0 Å². The molecule has 1 aromatic heterocycles. The lowest BCUT2D eigenvalue weighted by Crippen LogP contribution is -2.58. The predicted molar refractivity (Wildman–Crippen MR) is 81.7 cm³/mol. The maximum absolute atomic E-state index is 5.97. The first-order valence-electron chi connectivity index (χ1n) is 5.88. The van der Waals surface area contributed by atoms with Gasteiger partial charge in [0.05, 0.1) is 0 Å². The molecule has 1 fully saturated rings. The molecule has 1 N–H and O–H groups in total. The zero-order valence-corrected chi connectivity index (χ0v) is 12.9. The highest BCUT2D eigenvalue weighted by molar-refractivity contribution is 9.10. The number of hydrogen-bond acceptors (Lipinski definition) is 2. The third-order valence-electron chi connectivity index (χ3n) is 3.57. The SMILES string of the molecule is Clc1ccc(C2(Cc3sccc3Br)CNC2)cc1. The summed E-state index contributed by atoms with van der Waals surface area (Å²) in [4.78, 5) is 1.42. The monoisotopic (exact) mass is 341 g/mol. The summed E-state index contributed by atoms with van der Waals surface area (Å²) in [5.74, 6) is 0. The van der Waals surface area contributed by atoms with E-state index in [4.69, 9.17) is 11.6 Å². The number of benzene rings is 1. The summed E-state index contributed by atoms with van der Waals surface area (Å²) in [5, 5.41) is 6.35. The highest BCUT2D eigenvalue weighted by atomic mass is 79.9. The van der Waals surface area contributed by atoms with Gasteiger partial charge in [-0.1, -0.05) is 23.7 Å². The summed E-state index contributed by atoms with van der Waals surface area (Å²) in [6, 6.07) is 10.4. The van der Waals surface area contributed by atoms with E-state index < -0.39 is 0 Å². The van der Waals surface area contributed by atoms with E-state index in [1.807, 2.05) is 23.5 Å². The molecule has 0 unspecified atom stereocenters. The van der Waals surface area contributed by atoms with E-state index in [1.54, 1.807) is 0 Å². The van der Waals surface area contributed by atoms with Gasteiger partial charge in [0, 0.05) is 32.9 Å². The van der Waals surface area contributed by atoms with Crippen LogP contribution in [0.4, 0.5) is 0 Å². The first kappa shape index (κ1) is 12.7. The Balaban J connectivity index is 1.91. The minimum atomic E-state index is 0.234. The maximum Gasteiger partial charge on any atom is 0.0406 e. The highest BCUT2D eigenvalue weighted by Gasteiger charge is 2.39. The Hall–Kier alpha value is -0.350. The lowest BCUT2D eigenvalue weighted by molar-refractivity contribution is 0.276. The molecule has 1 nitrogen and oxygen atoms in total. The van der Waals surface area contributed by atoms with Gasteiger partial charge in [-0.2, -0.15) is 0 Å². The molecule has 1 aliphatic rings. The average molecular weight is 343 g/mol. The second kappa shape index (κ2) is 4.97. The molecule has 1 aromatic carbocycles. The molecule has 3 rings (SSSR count). The van der Waals surface area contributed by atoms with E-state index in [9.17, 15) is 0 Å². The molecule has 0 spiro atoms. The first-order valence-corrected chi connectivity index (χ1v) is 7.93. The summed E-state index contributed by atoms with van der Waals surface area (Å²) < 4.78 is 1.23. The summed E-state index contributed by atoms with van der Waals surface area (Å²) >= 11 is 11.4. The van der Waals surface area contributed by atoms with Gasteiger partial charge in [0.15, 0.2) is 0 Å². The van der Waals surface area contributed by atoms with Crippen molar-refractivity contribution in [3.05, 3.63) is 55.6 Å². The maximum atomic E-state index is 5.97. The first-order chi connectivity index (χ1) is 8.70. The van der Waals surface area contributed by atoms with Crippen LogP contribution >= 0.6 is 38.9 Å². The van der Waals surface area contributed by atoms with Crippen LogP contribution in [0.3, 0.4) is 0 Å². The topological polar surface area (TPSA) is 12.0 Å². The van der Waals surface area contributed by atoms with E-state index >= 15 is 0 Å². The molecule has 1 saturated heterocycles. The standard InChI is InChI=1S/C14H13BrClNS/c15-12-5-6-18-13(12)7-14(8-17-9-14)10-1-3-11(16)4-2-10/h1-6,17H,7-9H2. The molecule has 94 valence electrons. The number of rotatable bonds is 3. The highest BCUT2D eigenvalue weighted by Crippen LogP contribution is 2.36. The minimum Gasteiger partial charge on any atom is -0.315 e. The second-order valence-electron chi connectivity index (χ2n) is 4.76. The Bertz CT molecular complexity index is 545. The van der Waals surface area contributed by atoms with Crippen LogP contribution < -0.4 is 5.32 Å². The third-order valence-corrected chi connectivity index (χ3v) is 5.75. The van der Waals surface area contributed by atoms with Crippen molar-refractivity contribution in [2.24, 2.45) is 0 Å². The largest absolute Gasteiger partial charge is 0.315 e. The van der Waals surface area contributed by atoms with Crippen LogP contribution in [0.15, 0.2) is 40.2 Å². The molecule has 0 bridgehead atoms. The smallest absolute Gasteiger partial charge is 0.0406 e. The summed E-state index contributed by atoms with van der Waals surface area (Å²) in [7, 11) is 0. The number of halogens is 2. The molecule has 2 heterocycles. The van der Waals surface area contributed by atoms with Crippen LogP contribution in [-0.2, 0) is 11.8 Å². The molecule has 0 saturated carbocycles. The van der Waals surface area contributed by atoms with Gasteiger partial charge in [-0.15, -0.1) is 11.3 Å². The summed E-state index contributed by atoms with van der Waals surface area (Å²) in [5.41, 5.74) is 1.61. The molecular weight excluding hydrogens is 330 g/mol. The molecule has 1 aliphatic heterocycles. The van der Waals surface area contributed by atoms with Gasteiger partial charge in [-0.25, -0.2) is 0 Å². The van der Waals surface area contributed by atoms with Gasteiger partial charge in [-0.05, 0) is 51.5 Å². The quantitative estimate of drug-likeness (QED) is 0.879. The fourth-order valence-electron chi connectivity index (χ4n) is 2.42. The van der Waals surface area contributed by atoms with E-state index in [0.29, 0.717) is 0 Å². The van der Waals surface area contributed by atoms with Crippen molar-refractivity contribution in [2.75, 3.05) is 13.1 Å². The Morgan fingerprint density at radius 1 is 1.22 bits per heavy atom. The van der Waals surface area contributed by atoms with Crippen LogP contribution in [0, 0.1) is 0 Å². The van der Waals surface area contributed by atoms with Crippen molar-refractivity contribution in [3.8, 4) is 0 Å². The van der Waals surface area contributed by atoms with Crippen molar-refractivity contribution in [2.45, 2.75) is 11.8 Å². The molecule has 18 heavy (non-hydrogen) atoms. The lowest BCUT2D eigenvalue weighted by atomic mass is 9.72. The van der Waals surface area contributed by atoms with Gasteiger partial charge >= 0.3 is 0 Å². The predicted octanol–water partition coefficient (Wildman–Crippen LogP) is 4.25. The van der Waals surface area contributed by atoms with Crippen molar-refractivity contribution in [3.63, 3.8) is 0 Å². The Kier molecular flexibility index (Phi) is 3.50. The van der Waals surface area contributed by atoms with Crippen molar-refractivity contribution in [1.82, 2.24) is 5.32 Å². The Labute approximate surface area is 124 Å². The van der Waals surface area contributed by atoms with Crippen LogP contribution in [0.25, 0.3) is 0 Å².